The van der Waals surface area contributed by atoms with Gasteiger partial charge in [0.1, 0.15) is 0 Å². The van der Waals surface area contributed by atoms with Crippen molar-refractivity contribution < 1.29 is 5.11 Å². The number of hydrogen-bond acceptors (Lipinski definition) is 1. The highest BCUT2D eigenvalue weighted by molar-refractivity contribution is 5.30. The van der Waals surface area contributed by atoms with Crippen LogP contribution >= 0.6 is 0 Å². The Balaban J connectivity index is 1.39. The van der Waals surface area contributed by atoms with E-state index < -0.39 is 0 Å². The molecule has 0 bridgehead atoms. The number of aliphatic hydroxyl groups is 1. The standard InChI is InChI=1S/C30H52O/c1-20(2)9-8-10-21(3)22-13-15-28(7)24-12-11-23-26(4,5)25(31)14-16-29(23)19-30(24,29)18-17-27(22,28)6/h20-25,31H,8-19H2,1-7H3/t21?,22-,23+,24+,25?,27-,28+,29-,30+/m1/s1. The normalized spacial score (nSPS) is 53.3. The largest absolute Gasteiger partial charge is 0.393 e. The molecule has 1 heteroatoms. The minimum Gasteiger partial charge on any atom is -0.393 e. The van der Waals surface area contributed by atoms with Gasteiger partial charge in [0.05, 0.1) is 6.10 Å². The molecule has 2 unspecified atom stereocenters. The van der Waals surface area contributed by atoms with Crippen LogP contribution in [0.1, 0.15) is 126 Å². The lowest BCUT2D eigenvalue weighted by Crippen LogP contribution is -2.57. The topological polar surface area (TPSA) is 20.2 Å². The van der Waals surface area contributed by atoms with Crippen molar-refractivity contribution in [3.63, 3.8) is 0 Å². The lowest BCUT2D eigenvalue weighted by Gasteiger charge is -2.63. The minimum atomic E-state index is -0.0793. The van der Waals surface area contributed by atoms with Crippen LogP contribution in [0.2, 0.25) is 0 Å². The highest BCUT2D eigenvalue weighted by atomic mass is 16.3. The maximum Gasteiger partial charge on any atom is 0.0594 e. The van der Waals surface area contributed by atoms with Crippen molar-refractivity contribution in [2.75, 3.05) is 0 Å². The molecule has 1 N–H and O–H groups in total. The Labute approximate surface area is 193 Å². The molecule has 5 saturated carbocycles. The monoisotopic (exact) mass is 428 g/mol. The molecule has 0 heterocycles. The van der Waals surface area contributed by atoms with E-state index in [0.717, 1.165) is 36.0 Å². The molecule has 0 aromatic rings. The van der Waals surface area contributed by atoms with Crippen LogP contribution in [-0.2, 0) is 0 Å². The van der Waals surface area contributed by atoms with Crippen LogP contribution in [0.3, 0.4) is 0 Å². The summed E-state index contributed by atoms with van der Waals surface area (Å²) in [5.41, 5.74) is 2.45. The van der Waals surface area contributed by atoms with Crippen molar-refractivity contribution in [3.05, 3.63) is 0 Å². The zero-order valence-electron chi connectivity index (χ0n) is 21.9. The van der Waals surface area contributed by atoms with Gasteiger partial charge in [-0.2, -0.15) is 0 Å². The first-order chi connectivity index (χ1) is 14.4. The summed E-state index contributed by atoms with van der Waals surface area (Å²) >= 11 is 0. The average molecular weight is 429 g/mol. The Hall–Kier alpha value is -0.0400. The van der Waals surface area contributed by atoms with E-state index in [-0.39, 0.29) is 11.5 Å². The summed E-state index contributed by atoms with van der Waals surface area (Å²) in [6, 6.07) is 0. The average Bonchev–Trinajstić information content (AvgIpc) is 3.27. The predicted octanol–water partition coefficient (Wildman–Crippen LogP) is 8.25. The Morgan fingerprint density at radius 1 is 0.742 bits per heavy atom. The van der Waals surface area contributed by atoms with Crippen LogP contribution < -0.4 is 0 Å². The Bertz CT molecular complexity index is 709. The fraction of sp³-hybridized carbons (Fsp3) is 1.00. The molecule has 5 fully saturated rings. The Morgan fingerprint density at radius 3 is 2.13 bits per heavy atom. The molecule has 0 aromatic carbocycles. The molecule has 2 spiro atoms. The van der Waals surface area contributed by atoms with E-state index in [1.54, 1.807) is 0 Å². The molecule has 178 valence electrons. The highest BCUT2D eigenvalue weighted by Crippen LogP contribution is 2.89. The van der Waals surface area contributed by atoms with Crippen molar-refractivity contribution in [1.29, 1.82) is 0 Å². The lowest BCUT2D eigenvalue weighted by molar-refractivity contribution is -0.161. The van der Waals surface area contributed by atoms with Gasteiger partial charge in [0.25, 0.3) is 0 Å². The molecule has 0 amide bonds. The summed E-state index contributed by atoms with van der Waals surface area (Å²) in [5.74, 6) is 4.41. The molecule has 0 aromatic heterocycles. The lowest BCUT2D eigenvalue weighted by atomic mass is 9.41. The number of fused-ring (bicyclic) bond motifs is 2. The summed E-state index contributed by atoms with van der Waals surface area (Å²) in [4.78, 5) is 0. The van der Waals surface area contributed by atoms with Crippen molar-refractivity contribution in [2.45, 2.75) is 132 Å². The Morgan fingerprint density at radius 2 is 1.42 bits per heavy atom. The first-order valence-corrected chi connectivity index (χ1v) is 14.1. The second kappa shape index (κ2) is 6.99. The van der Waals surface area contributed by atoms with E-state index in [0.29, 0.717) is 21.7 Å². The Kier molecular flexibility index (Phi) is 5.13. The van der Waals surface area contributed by atoms with E-state index in [4.69, 9.17) is 0 Å². The van der Waals surface area contributed by atoms with Crippen molar-refractivity contribution in [1.82, 2.24) is 0 Å². The SMILES string of the molecule is CC(C)CCCC(C)[C@H]1CC[C@@]2(C)[C@@H]3CC[C@H]4C(C)(C)C(O)CC[C@@]45C[C@@]35CC[C@]12C. The van der Waals surface area contributed by atoms with Gasteiger partial charge in [-0.05, 0) is 114 Å². The van der Waals surface area contributed by atoms with Gasteiger partial charge in [0.15, 0.2) is 0 Å². The van der Waals surface area contributed by atoms with E-state index in [1.807, 2.05) is 0 Å². The van der Waals surface area contributed by atoms with Gasteiger partial charge in [-0.1, -0.05) is 67.7 Å². The van der Waals surface area contributed by atoms with Gasteiger partial charge in [0.2, 0.25) is 0 Å². The maximum absolute atomic E-state index is 10.8. The third-order valence-electron chi connectivity index (χ3n) is 13.3. The highest BCUT2D eigenvalue weighted by Gasteiger charge is 2.82. The molecule has 31 heavy (non-hydrogen) atoms. The summed E-state index contributed by atoms with van der Waals surface area (Å²) < 4.78 is 0. The van der Waals surface area contributed by atoms with Crippen LogP contribution in [-0.4, -0.2) is 11.2 Å². The van der Waals surface area contributed by atoms with E-state index in [9.17, 15) is 5.11 Å². The first kappa shape index (κ1) is 22.7. The summed E-state index contributed by atoms with van der Waals surface area (Å²) in [7, 11) is 0. The van der Waals surface area contributed by atoms with Crippen LogP contribution in [0, 0.1) is 56.7 Å². The predicted molar refractivity (Wildman–Crippen MR) is 131 cm³/mol. The van der Waals surface area contributed by atoms with Crippen LogP contribution in [0.4, 0.5) is 0 Å². The van der Waals surface area contributed by atoms with Gasteiger partial charge < -0.3 is 5.11 Å². The molecule has 5 rings (SSSR count). The quantitative estimate of drug-likeness (QED) is 0.467. The van der Waals surface area contributed by atoms with Crippen molar-refractivity contribution in [2.24, 2.45) is 56.7 Å². The van der Waals surface area contributed by atoms with Crippen LogP contribution in [0.5, 0.6) is 0 Å². The molecule has 0 aliphatic heterocycles. The van der Waals surface area contributed by atoms with Gasteiger partial charge >= 0.3 is 0 Å². The molecule has 5 aliphatic carbocycles. The zero-order valence-corrected chi connectivity index (χ0v) is 21.9. The molecular formula is C30H52O. The third kappa shape index (κ3) is 2.77. The third-order valence-corrected chi connectivity index (χ3v) is 13.3. The first-order valence-electron chi connectivity index (χ1n) is 14.1. The molecule has 5 aliphatic rings. The summed E-state index contributed by atoms with van der Waals surface area (Å²) in [6.07, 6.45) is 16.9. The fourth-order valence-electron chi connectivity index (χ4n) is 11.3. The van der Waals surface area contributed by atoms with Crippen molar-refractivity contribution in [3.8, 4) is 0 Å². The van der Waals surface area contributed by atoms with E-state index in [2.05, 4.69) is 48.5 Å². The van der Waals surface area contributed by atoms with E-state index >= 15 is 0 Å². The summed E-state index contributed by atoms with van der Waals surface area (Å²) in [5, 5.41) is 10.8. The maximum atomic E-state index is 10.8. The molecule has 0 saturated heterocycles. The summed E-state index contributed by atoms with van der Waals surface area (Å²) in [6.45, 7) is 17.7. The molecular weight excluding hydrogens is 376 g/mol. The molecule has 0 radical (unpaired) electrons. The van der Waals surface area contributed by atoms with Gasteiger partial charge in [-0.15, -0.1) is 0 Å². The smallest absolute Gasteiger partial charge is 0.0594 e. The van der Waals surface area contributed by atoms with Crippen molar-refractivity contribution >= 4 is 0 Å². The fourth-order valence-corrected chi connectivity index (χ4v) is 11.3. The van der Waals surface area contributed by atoms with Gasteiger partial charge in [0, 0.05) is 0 Å². The number of aliphatic hydroxyl groups excluding tert-OH is 1. The number of rotatable bonds is 5. The second-order valence-electron chi connectivity index (χ2n) is 14.8. The second-order valence-corrected chi connectivity index (χ2v) is 14.8. The van der Waals surface area contributed by atoms with Gasteiger partial charge in [-0.3, -0.25) is 0 Å². The molecule has 1 nitrogen and oxygen atoms in total. The van der Waals surface area contributed by atoms with Crippen LogP contribution in [0.25, 0.3) is 0 Å². The zero-order chi connectivity index (χ0) is 22.4. The molecule has 9 atom stereocenters. The van der Waals surface area contributed by atoms with E-state index in [1.165, 1.54) is 70.6 Å². The minimum absolute atomic E-state index is 0.0793. The van der Waals surface area contributed by atoms with Gasteiger partial charge in [-0.25, -0.2) is 0 Å². The number of hydrogen-bond donors (Lipinski definition) is 1. The van der Waals surface area contributed by atoms with Crippen LogP contribution in [0.15, 0.2) is 0 Å².